The number of hydrogen-bond donors (Lipinski definition) is 4. The van der Waals surface area contributed by atoms with Crippen LogP contribution in [0.2, 0.25) is 0 Å². The lowest BCUT2D eigenvalue weighted by Gasteiger charge is -2.10. The lowest BCUT2D eigenvalue weighted by Crippen LogP contribution is -2.18. The molecule has 1 aromatic heterocycles. The molecule has 0 aliphatic rings. The summed E-state index contributed by atoms with van der Waals surface area (Å²) in [5, 5.41) is 14.3. The van der Waals surface area contributed by atoms with Crippen molar-refractivity contribution in [2.75, 3.05) is 4.72 Å². The standard InChI is InChI=1S/C30H26N4O4S/c1-20(35)31-19-21-12-14-23(15-13-21)32-29(22-8-4-2-5-9-22)28-26-18-25(16-17-27(26)33-30(28)36)39(37,38)34-24-10-6-3-7-11-24/h2-18,33-34,36H,19H2,1H3,(H,31,35). The number of sulfonamides is 1. The molecular weight excluding hydrogens is 512 g/mol. The van der Waals surface area contributed by atoms with E-state index in [4.69, 9.17) is 4.99 Å². The summed E-state index contributed by atoms with van der Waals surface area (Å²) >= 11 is 0. The average molecular weight is 539 g/mol. The molecule has 0 spiro atoms. The van der Waals surface area contributed by atoms with E-state index < -0.39 is 10.0 Å². The van der Waals surface area contributed by atoms with Gasteiger partial charge in [-0.1, -0.05) is 60.7 Å². The number of aliphatic imine (C=N–C) groups is 1. The Morgan fingerprint density at radius 2 is 1.56 bits per heavy atom. The zero-order chi connectivity index (χ0) is 27.4. The zero-order valence-corrected chi connectivity index (χ0v) is 21.9. The number of hydrogen-bond acceptors (Lipinski definition) is 5. The number of H-pyrrole nitrogens is 1. The Balaban J connectivity index is 1.60. The highest BCUT2D eigenvalue weighted by molar-refractivity contribution is 7.92. The van der Waals surface area contributed by atoms with Crippen molar-refractivity contribution in [3.05, 3.63) is 120 Å². The van der Waals surface area contributed by atoms with Gasteiger partial charge in [0.15, 0.2) is 5.88 Å². The molecule has 0 atom stereocenters. The minimum atomic E-state index is -3.89. The van der Waals surface area contributed by atoms with Crippen LogP contribution in [0.3, 0.4) is 0 Å². The highest BCUT2D eigenvalue weighted by Crippen LogP contribution is 2.33. The number of anilines is 1. The van der Waals surface area contributed by atoms with Gasteiger partial charge in [0.2, 0.25) is 5.91 Å². The molecule has 1 heterocycles. The second-order valence-electron chi connectivity index (χ2n) is 8.93. The van der Waals surface area contributed by atoms with E-state index in [1.54, 1.807) is 36.4 Å². The monoisotopic (exact) mass is 538 g/mol. The van der Waals surface area contributed by atoms with E-state index in [0.29, 0.717) is 40.1 Å². The third-order valence-electron chi connectivity index (χ3n) is 6.09. The number of aromatic amines is 1. The predicted molar refractivity (Wildman–Crippen MR) is 153 cm³/mol. The first-order chi connectivity index (χ1) is 18.8. The first-order valence-electron chi connectivity index (χ1n) is 12.2. The molecule has 9 heteroatoms. The Morgan fingerprint density at radius 3 is 2.23 bits per heavy atom. The maximum Gasteiger partial charge on any atom is 0.261 e. The molecule has 0 saturated heterocycles. The molecule has 5 rings (SSSR count). The van der Waals surface area contributed by atoms with Crippen LogP contribution in [0.5, 0.6) is 5.88 Å². The van der Waals surface area contributed by atoms with Gasteiger partial charge in [-0.15, -0.1) is 0 Å². The Morgan fingerprint density at radius 1 is 0.897 bits per heavy atom. The summed E-state index contributed by atoms with van der Waals surface area (Å²) in [7, 11) is -3.89. The molecule has 0 aliphatic heterocycles. The summed E-state index contributed by atoms with van der Waals surface area (Å²) in [6, 6.07) is 30.0. The van der Waals surface area contributed by atoms with Crippen molar-refractivity contribution in [3.63, 3.8) is 0 Å². The maximum absolute atomic E-state index is 13.2. The molecule has 196 valence electrons. The number of para-hydroxylation sites is 1. The fraction of sp³-hybridized carbons (Fsp3) is 0.0667. The molecule has 39 heavy (non-hydrogen) atoms. The van der Waals surface area contributed by atoms with Crippen LogP contribution in [0.4, 0.5) is 11.4 Å². The number of nitrogens with zero attached hydrogens (tertiary/aromatic N) is 1. The quantitative estimate of drug-likeness (QED) is 0.195. The number of rotatable bonds is 8. The van der Waals surface area contributed by atoms with Gasteiger partial charge in [-0.25, -0.2) is 13.4 Å². The van der Waals surface area contributed by atoms with E-state index in [0.717, 1.165) is 11.1 Å². The minimum Gasteiger partial charge on any atom is -0.494 e. The van der Waals surface area contributed by atoms with Crippen LogP contribution in [0.1, 0.15) is 23.6 Å². The van der Waals surface area contributed by atoms with Crippen molar-refractivity contribution in [2.45, 2.75) is 18.4 Å². The molecule has 0 aliphatic carbocycles. The summed E-state index contributed by atoms with van der Waals surface area (Å²) in [4.78, 5) is 19.1. The molecule has 0 radical (unpaired) electrons. The largest absolute Gasteiger partial charge is 0.494 e. The molecule has 4 aromatic carbocycles. The molecule has 5 aromatic rings. The van der Waals surface area contributed by atoms with Crippen LogP contribution in [0.15, 0.2) is 113 Å². The Bertz CT molecular complexity index is 1760. The van der Waals surface area contributed by atoms with Crippen LogP contribution >= 0.6 is 0 Å². The van der Waals surface area contributed by atoms with Gasteiger partial charge in [0.1, 0.15) is 0 Å². The summed E-state index contributed by atoms with van der Waals surface area (Å²) in [5.74, 6) is -0.237. The third kappa shape index (κ3) is 5.83. The van der Waals surface area contributed by atoms with Crippen molar-refractivity contribution >= 4 is 43.9 Å². The van der Waals surface area contributed by atoms with Crippen molar-refractivity contribution in [1.82, 2.24) is 10.3 Å². The van der Waals surface area contributed by atoms with Gasteiger partial charge < -0.3 is 15.4 Å². The van der Waals surface area contributed by atoms with Crippen molar-refractivity contribution < 1.29 is 18.3 Å². The van der Waals surface area contributed by atoms with E-state index in [9.17, 15) is 18.3 Å². The number of fused-ring (bicyclic) bond motifs is 1. The van der Waals surface area contributed by atoms with Crippen LogP contribution in [0.25, 0.3) is 10.9 Å². The Kier molecular flexibility index (Phi) is 7.16. The van der Waals surface area contributed by atoms with Gasteiger partial charge in [-0.3, -0.25) is 9.52 Å². The normalized spacial score (nSPS) is 11.9. The molecule has 0 fully saturated rings. The number of carbonyl (C=O) groups is 1. The number of aromatic hydroxyl groups is 1. The minimum absolute atomic E-state index is 0.0499. The zero-order valence-electron chi connectivity index (χ0n) is 21.0. The van der Waals surface area contributed by atoms with Gasteiger partial charge in [-0.05, 0) is 48.0 Å². The number of aromatic nitrogens is 1. The van der Waals surface area contributed by atoms with E-state index in [-0.39, 0.29) is 16.7 Å². The number of nitrogens with one attached hydrogen (secondary N) is 3. The van der Waals surface area contributed by atoms with E-state index in [2.05, 4.69) is 15.0 Å². The van der Waals surface area contributed by atoms with E-state index >= 15 is 0 Å². The Labute approximate surface area is 226 Å². The van der Waals surface area contributed by atoms with E-state index in [1.165, 1.54) is 19.1 Å². The fourth-order valence-electron chi connectivity index (χ4n) is 4.19. The number of amides is 1. The lowest BCUT2D eigenvalue weighted by atomic mass is 10.0. The van der Waals surface area contributed by atoms with Crippen LogP contribution in [-0.4, -0.2) is 30.1 Å². The highest BCUT2D eigenvalue weighted by atomic mass is 32.2. The van der Waals surface area contributed by atoms with Crippen molar-refractivity contribution in [2.24, 2.45) is 4.99 Å². The summed E-state index contributed by atoms with van der Waals surface area (Å²) < 4.78 is 29.0. The number of benzene rings is 4. The molecule has 0 bridgehead atoms. The van der Waals surface area contributed by atoms with Crippen LogP contribution in [-0.2, 0) is 21.4 Å². The summed E-state index contributed by atoms with van der Waals surface area (Å²) in [6.07, 6.45) is 0. The molecule has 1 amide bonds. The first-order valence-corrected chi connectivity index (χ1v) is 13.7. The average Bonchev–Trinajstić information content (AvgIpc) is 3.26. The summed E-state index contributed by atoms with van der Waals surface area (Å²) in [5.41, 5.74) is 4.16. The molecule has 8 nitrogen and oxygen atoms in total. The van der Waals surface area contributed by atoms with Gasteiger partial charge in [0.05, 0.1) is 21.9 Å². The smallest absolute Gasteiger partial charge is 0.261 e. The molecular formula is C30H26N4O4S. The van der Waals surface area contributed by atoms with Gasteiger partial charge >= 0.3 is 0 Å². The SMILES string of the molecule is CC(=O)NCc1ccc(N=C(c2ccccc2)c2c(O)[nH]c3ccc(S(=O)(=O)Nc4ccccc4)cc23)cc1. The maximum atomic E-state index is 13.2. The predicted octanol–water partition coefficient (Wildman–Crippen LogP) is 5.48. The van der Waals surface area contributed by atoms with Crippen molar-refractivity contribution in [1.29, 1.82) is 0 Å². The van der Waals surface area contributed by atoms with Crippen molar-refractivity contribution in [3.8, 4) is 5.88 Å². The third-order valence-corrected chi connectivity index (χ3v) is 7.47. The van der Waals surface area contributed by atoms with Gasteiger partial charge in [-0.2, -0.15) is 0 Å². The number of carbonyl (C=O) groups excluding carboxylic acids is 1. The molecule has 4 N–H and O–H groups in total. The lowest BCUT2D eigenvalue weighted by molar-refractivity contribution is -0.119. The van der Waals surface area contributed by atoms with Gasteiger partial charge in [0, 0.05) is 35.6 Å². The summed E-state index contributed by atoms with van der Waals surface area (Å²) in [6.45, 7) is 1.87. The first kappa shape index (κ1) is 25.7. The van der Waals surface area contributed by atoms with Crippen LogP contribution < -0.4 is 10.0 Å². The van der Waals surface area contributed by atoms with Crippen LogP contribution in [0, 0.1) is 0 Å². The van der Waals surface area contributed by atoms with E-state index in [1.807, 2.05) is 54.6 Å². The second-order valence-corrected chi connectivity index (χ2v) is 10.6. The Hall–Kier alpha value is -4.89. The second kappa shape index (κ2) is 10.8. The highest BCUT2D eigenvalue weighted by Gasteiger charge is 2.22. The molecule has 0 saturated carbocycles. The topological polar surface area (TPSA) is 124 Å². The van der Waals surface area contributed by atoms with Gasteiger partial charge in [0.25, 0.3) is 10.0 Å². The fourth-order valence-corrected chi connectivity index (χ4v) is 5.27. The molecule has 0 unspecified atom stereocenters.